The summed E-state index contributed by atoms with van der Waals surface area (Å²) in [6.45, 7) is 0.742. The summed E-state index contributed by atoms with van der Waals surface area (Å²) in [5, 5.41) is 8.68. The number of allylic oxidation sites excluding steroid dienone is 4. The van der Waals surface area contributed by atoms with E-state index in [0.717, 1.165) is 35.7 Å². The molecule has 0 fully saturated rings. The van der Waals surface area contributed by atoms with E-state index in [1.165, 1.54) is 75.4 Å². The Kier molecular flexibility index (Phi) is 9.22. The lowest BCUT2D eigenvalue weighted by Crippen LogP contribution is -2.12. The fraction of sp³-hybridized carbons (Fsp3) is 0.0714. The highest BCUT2D eigenvalue weighted by molar-refractivity contribution is 7.26. The molecule has 0 saturated carbocycles. The third-order valence-electron chi connectivity index (χ3n) is 12.1. The summed E-state index contributed by atoms with van der Waals surface area (Å²) in [7, 11) is 2.04. The zero-order valence-electron chi connectivity index (χ0n) is 33.4. The first-order valence-electron chi connectivity index (χ1n) is 20.8. The average Bonchev–Trinajstić information content (AvgIpc) is 3.86. The molecule has 4 heteroatoms. The van der Waals surface area contributed by atoms with Crippen molar-refractivity contribution in [2.45, 2.75) is 18.9 Å². The van der Waals surface area contributed by atoms with Gasteiger partial charge in [0, 0.05) is 66.2 Å². The van der Waals surface area contributed by atoms with Crippen LogP contribution < -0.4 is 10.2 Å². The summed E-state index contributed by atoms with van der Waals surface area (Å²) in [6, 6.07) is 67.1. The highest BCUT2D eigenvalue weighted by atomic mass is 32.1. The molecule has 1 aliphatic rings. The predicted molar refractivity (Wildman–Crippen MR) is 258 cm³/mol. The van der Waals surface area contributed by atoms with Crippen LogP contribution in [0.1, 0.15) is 23.5 Å². The highest BCUT2D eigenvalue weighted by Gasteiger charge is 2.21. The van der Waals surface area contributed by atoms with Crippen molar-refractivity contribution in [3.8, 4) is 27.9 Å². The molecule has 0 spiro atoms. The fourth-order valence-corrected chi connectivity index (χ4v) is 10.5. The largest absolute Gasteiger partial charge is 0.316 e. The third kappa shape index (κ3) is 6.33. The Hall–Kier alpha value is -6.98. The zero-order valence-corrected chi connectivity index (χ0v) is 34.2. The average molecular weight is 790 g/mol. The van der Waals surface area contributed by atoms with E-state index in [1.54, 1.807) is 0 Å². The molecule has 2 heterocycles. The van der Waals surface area contributed by atoms with E-state index in [0.29, 0.717) is 5.92 Å². The quantitative estimate of drug-likeness (QED) is 0.157. The topological polar surface area (TPSA) is 20.2 Å². The Bertz CT molecular complexity index is 3240. The van der Waals surface area contributed by atoms with E-state index >= 15 is 0 Å². The van der Waals surface area contributed by atoms with Crippen LogP contribution in [0, 0.1) is 0 Å². The van der Waals surface area contributed by atoms with Crippen LogP contribution in [0.5, 0.6) is 0 Å². The van der Waals surface area contributed by atoms with E-state index < -0.39 is 0 Å². The number of nitrogens with zero attached hydrogens (tertiary/aromatic N) is 2. The molecule has 0 bridgehead atoms. The standard InChI is InChI=1S/C56H43N3S/c1-57-37-43-35-47(36-53-55(43)51-21-8-10-24-52(51)59(53)44-18-6-3-7-19-44)58(45-30-26-39(27-31-45)38-14-4-2-5-15-38)46-32-28-40(29-33-46)41-16-12-17-42(34-41)48-22-13-23-50-49-20-9-11-25-54(49)60-56(48)50/h2-14,16-36,38,57H,15,37H2,1H3. The molecule has 1 aliphatic carbocycles. The molecule has 1 atom stereocenters. The molecule has 1 N–H and O–H groups in total. The van der Waals surface area contributed by atoms with Crippen molar-refractivity contribution in [3.63, 3.8) is 0 Å². The molecule has 2 aromatic heterocycles. The summed E-state index contributed by atoms with van der Waals surface area (Å²) < 4.78 is 5.09. The molecule has 1 unspecified atom stereocenters. The van der Waals surface area contributed by atoms with Gasteiger partial charge in [-0.05, 0) is 114 Å². The predicted octanol–water partition coefficient (Wildman–Crippen LogP) is 15.3. The SMILES string of the molecule is CNCc1cc(N(c2ccc(-c3cccc(-c4cccc5c4sc4ccccc45)c3)cc2)c2ccc(C3C=CC=CC3)cc2)cc2c1c1ccccc1n2-c1ccccc1. The number of fused-ring (bicyclic) bond motifs is 6. The van der Waals surface area contributed by atoms with Crippen molar-refractivity contribution in [1.82, 2.24) is 9.88 Å². The summed E-state index contributed by atoms with van der Waals surface area (Å²) in [4.78, 5) is 2.42. The van der Waals surface area contributed by atoms with Crippen molar-refractivity contribution < 1.29 is 0 Å². The second kappa shape index (κ2) is 15.3. The Labute approximate surface area is 354 Å². The van der Waals surface area contributed by atoms with Crippen molar-refractivity contribution in [1.29, 1.82) is 0 Å². The van der Waals surface area contributed by atoms with Crippen LogP contribution in [0.15, 0.2) is 206 Å². The van der Waals surface area contributed by atoms with E-state index in [9.17, 15) is 0 Å². The van der Waals surface area contributed by atoms with Gasteiger partial charge in [-0.1, -0.05) is 140 Å². The molecular formula is C56H43N3S. The van der Waals surface area contributed by atoms with Crippen LogP contribution in [0.4, 0.5) is 17.1 Å². The molecule has 10 aromatic rings. The van der Waals surface area contributed by atoms with Gasteiger partial charge in [0.15, 0.2) is 0 Å². The Balaban J connectivity index is 1.04. The first-order valence-corrected chi connectivity index (χ1v) is 21.6. The Morgan fingerprint density at radius 3 is 2.10 bits per heavy atom. The van der Waals surface area contributed by atoms with E-state index in [1.807, 2.05) is 18.4 Å². The number of benzene rings is 8. The second-order valence-electron chi connectivity index (χ2n) is 15.7. The van der Waals surface area contributed by atoms with Crippen LogP contribution in [0.2, 0.25) is 0 Å². The normalized spacial score (nSPS) is 13.8. The Morgan fingerprint density at radius 1 is 0.583 bits per heavy atom. The monoisotopic (exact) mass is 789 g/mol. The smallest absolute Gasteiger partial charge is 0.0565 e. The number of para-hydroxylation sites is 2. The molecule has 8 aromatic carbocycles. The molecule has 0 radical (unpaired) electrons. The minimum atomic E-state index is 0.388. The number of hydrogen-bond acceptors (Lipinski definition) is 3. The van der Waals surface area contributed by atoms with Crippen LogP contribution in [0.3, 0.4) is 0 Å². The lowest BCUT2D eigenvalue weighted by Gasteiger charge is -2.27. The van der Waals surface area contributed by atoms with Gasteiger partial charge in [-0.15, -0.1) is 11.3 Å². The molecule has 288 valence electrons. The summed E-state index contributed by atoms with van der Waals surface area (Å²) in [5.74, 6) is 0.388. The fourth-order valence-electron chi connectivity index (χ4n) is 9.27. The van der Waals surface area contributed by atoms with E-state index in [2.05, 4.69) is 221 Å². The third-order valence-corrected chi connectivity index (χ3v) is 13.3. The number of nitrogens with one attached hydrogen (secondary N) is 1. The van der Waals surface area contributed by atoms with Gasteiger partial charge in [-0.3, -0.25) is 0 Å². The summed E-state index contributed by atoms with van der Waals surface area (Å²) >= 11 is 1.88. The number of hydrogen-bond donors (Lipinski definition) is 1. The maximum absolute atomic E-state index is 3.50. The van der Waals surface area contributed by atoms with E-state index in [4.69, 9.17) is 0 Å². The van der Waals surface area contributed by atoms with Gasteiger partial charge < -0.3 is 14.8 Å². The number of rotatable bonds is 9. The number of anilines is 3. The molecule has 60 heavy (non-hydrogen) atoms. The van der Waals surface area contributed by atoms with Crippen LogP contribution >= 0.6 is 11.3 Å². The van der Waals surface area contributed by atoms with Crippen LogP contribution in [-0.4, -0.2) is 11.6 Å². The molecule has 0 amide bonds. The van der Waals surface area contributed by atoms with Gasteiger partial charge in [0.2, 0.25) is 0 Å². The summed E-state index contributed by atoms with van der Waals surface area (Å²) in [6.07, 6.45) is 9.91. The van der Waals surface area contributed by atoms with E-state index in [-0.39, 0.29) is 0 Å². The molecule has 11 rings (SSSR count). The van der Waals surface area contributed by atoms with Gasteiger partial charge in [0.05, 0.1) is 11.0 Å². The van der Waals surface area contributed by atoms with Gasteiger partial charge in [-0.25, -0.2) is 0 Å². The first-order chi connectivity index (χ1) is 29.7. The lowest BCUT2D eigenvalue weighted by molar-refractivity contribution is 0.824. The summed E-state index contributed by atoms with van der Waals surface area (Å²) in [5.41, 5.74) is 14.4. The number of aromatic nitrogens is 1. The van der Waals surface area contributed by atoms with Crippen molar-refractivity contribution in [2.24, 2.45) is 0 Å². The van der Waals surface area contributed by atoms with Crippen molar-refractivity contribution in [2.75, 3.05) is 11.9 Å². The van der Waals surface area contributed by atoms with Gasteiger partial charge in [0.25, 0.3) is 0 Å². The van der Waals surface area contributed by atoms with Crippen LogP contribution in [0.25, 0.3) is 69.9 Å². The molecule has 0 aliphatic heterocycles. The minimum absolute atomic E-state index is 0.388. The maximum Gasteiger partial charge on any atom is 0.0565 e. The van der Waals surface area contributed by atoms with Gasteiger partial charge in [0.1, 0.15) is 0 Å². The van der Waals surface area contributed by atoms with Crippen LogP contribution in [-0.2, 0) is 6.54 Å². The lowest BCUT2D eigenvalue weighted by atomic mass is 9.92. The maximum atomic E-state index is 3.50. The second-order valence-corrected chi connectivity index (χ2v) is 16.8. The zero-order chi connectivity index (χ0) is 40.0. The molecule has 0 saturated heterocycles. The molecular weight excluding hydrogens is 747 g/mol. The highest BCUT2D eigenvalue weighted by Crippen LogP contribution is 2.44. The first kappa shape index (κ1) is 36.1. The Morgan fingerprint density at radius 2 is 1.30 bits per heavy atom. The van der Waals surface area contributed by atoms with Crippen molar-refractivity contribution in [3.05, 3.63) is 217 Å². The van der Waals surface area contributed by atoms with Gasteiger partial charge >= 0.3 is 0 Å². The minimum Gasteiger partial charge on any atom is -0.316 e. The number of thiophene rings is 1. The molecule has 3 nitrogen and oxygen atoms in total. The van der Waals surface area contributed by atoms with Gasteiger partial charge in [-0.2, -0.15) is 0 Å². The van der Waals surface area contributed by atoms with Crippen molar-refractivity contribution >= 4 is 70.4 Å².